The Morgan fingerprint density at radius 2 is 1.65 bits per heavy atom. The van der Waals surface area contributed by atoms with Gasteiger partial charge in [-0.15, -0.1) is 46.4 Å². The van der Waals surface area contributed by atoms with Gasteiger partial charge in [0.2, 0.25) is 0 Å². The van der Waals surface area contributed by atoms with Gasteiger partial charge in [-0.3, -0.25) is 4.57 Å². The van der Waals surface area contributed by atoms with Crippen LogP contribution in [0.2, 0.25) is 0 Å². The highest BCUT2D eigenvalue weighted by Gasteiger charge is 2.29. The van der Waals surface area contributed by atoms with Crippen LogP contribution in [0, 0.1) is 0 Å². The van der Waals surface area contributed by atoms with Gasteiger partial charge in [0.1, 0.15) is 5.75 Å². The lowest BCUT2D eigenvalue weighted by Gasteiger charge is -2.21. The first-order chi connectivity index (χ1) is 10.9. The highest BCUT2D eigenvalue weighted by atomic mass is 35.5. The summed E-state index contributed by atoms with van der Waals surface area (Å²) in [6, 6.07) is 6.67. The van der Waals surface area contributed by atoms with Crippen LogP contribution >= 0.6 is 54.0 Å². The Hall–Kier alpha value is 0.330. The summed E-state index contributed by atoms with van der Waals surface area (Å²) in [7, 11) is -3.41. The molecule has 0 amide bonds. The van der Waals surface area contributed by atoms with Gasteiger partial charge < -0.3 is 14.2 Å². The second kappa shape index (κ2) is 11.0. The first kappa shape index (κ1) is 21.4. The summed E-state index contributed by atoms with van der Waals surface area (Å²) in [5.41, 5.74) is 0.935. The van der Waals surface area contributed by atoms with E-state index < -0.39 is 18.3 Å². The zero-order valence-electron chi connectivity index (χ0n) is 12.3. The van der Waals surface area contributed by atoms with Gasteiger partial charge in [-0.2, -0.15) is 0 Å². The topological polar surface area (TPSA) is 55.8 Å². The number of hydrogen-bond donors (Lipinski definition) is 1. The molecule has 0 spiro atoms. The van der Waals surface area contributed by atoms with Crippen molar-refractivity contribution in [1.29, 1.82) is 0 Å². The summed E-state index contributed by atoms with van der Waals surface area (Å²) in [6.07, 6.45) is 0.515. The van der Waals surface area contributed by atoms with Crippen molar-refractivity contribution in [3.63, 3.8) is 0 Å². The fourth-order valence-electron chi connectivity index (χ4n) is 1.64. The van der Waals surface area contributed by atoms with Crippen LogP contribution in [0.1, 0.15) is 5.56 Å². The maximum Gasteiger partial charge on any atom is 0.332 e. The van der Waals surface area contributed by atoms with Gasteiger partial charge in [-0.1, -0.05) is 12.1 Å². The van der Waals surface area contributed by atoms with Gasteiger partial charge in [0.05, 0.1) is 30.1 Å². The zero-order chi connectivity index (χ0) is 17.3. The lowest BCUT2D eigenvalue weighted by molar-refractivity contribution is 0.207. The van der Waals surface area contributed by atoms with Crippen LogP contribution in [0.25, 0.3) is 0 Å². The van der Waals surface area contributed by atoms with Crippen LogP contribution in [-0.2, 0) is 20.0 Å². The second-order valence-electron chi connectivity index (χ2n) is 4.84. The summed E-state index contributed by atoms with van der Waals surface area (Å²) < 4.78 is 23.5. The Morgan fingerprint density at radius 1 is 1.04 bits per heavy atom. The minimum Gasteiger partial charge on any atom is -0.508 e. The Labute approximate surface area is 156 Å². The predicted molar refractivity (Wildman–Crippen MR) is 96.9 cm³/mol. The molecule has 23 heavy (non-hydrogen) atoms. The quantitative estimate of drug-likeness (QED) is 0.408. The average Bonchev–Trinajstić information content (AvgIpc) is 2.54. The predicted octanol–water partition coefficient (Wildman–Crippen LogP) is 4.85. The molecular formula is C14H19Cl4O4P. The normalized spacial score (nSPS) is 16.7. The van der Waals surface area contributed by atoms with Crippen molar-refractivity contribution < 1.29 is 18.7 Å². The summed E-state index contributed by atoms with van der Waals surface area (Å²) >= 11 is 23.1. The molecule has 0 radical (unpaired) electrons. The molecule has 1 N–H and O–H groups in total. The minimum absolute atomic E-state index is 0.000468. The van der Waals surface area contributed by atoms with Crippen molar-refractivity contribution in [3.8, 4) is 5.75 Å². The van der Waals surface area contributed by atoms with E-state index in [-0.39, 0.29) is 36.9 Å². The number of benzene rings is 1. The van der Waals surface area contributed by atoms with Crippen molar-refractivity contribution in [1.82, 2.24) is 0 Å². The van der Waals surface area contributed by atoms with E-state index in [9.17, 15) is 9.67 Å². The van der Waals surface area contributed by atoms with E-state index >= 15 is 0 Å². The van der Waals surface area contributed by atoms with E-state index in [2.05, 4.69) is 0 Å². The number of halogens is 4. The van der Waals surface area contributed by atoms with E-state index in [1.807, 2.05) is 0 Å². The van der Waals surface area contributed by atoms with Gasteiger partial charge in [-0.05, 0) is 24.1 Å². The van der Waals surface area contributed by atoms with Gasteiger partial charge in [0.15, 0.2) is 0 Å². The van der Waals surface area contributed by atoms with E-state index in [0.717, 1.165) is 5.56 Å². The molecule has 3 atom stereocenters. The Kier molecular flexibility index (Phi) is 10.3. The smallest absolute Gasteiger partial charge is 0.332 e. The van der Waals surface area contributed by atoms with Crippen LogP contribution < -0.4 is 0 Å². The van der Waals surface area contributed by atoms with Gasteiger partial charge in [0, 0.05) is 11.8 Å². The third-order valence-electron chi connectivity index (χ3n) is 2.82. The van der Waals surface area contributed by atoms with Crippen LogP contribution in [-0.4, -0.2) is 47.0 Å². The van der Waals surface area contributed by atoms with Crippen LogP contribution in [0.4, 0.5) is 0 Å². The second-order valence-corrected chi connectivity index (χ2v) is 8.80. The van der Waals surface area contributed by atoms with E-state index in [4.69, 9.17) is 55.5 Å². The largest absolute Gasteiger partial charge is 0.508 e. The molecule has 1 aromatic rings. The van der Waals surface area contributed by atoms with Gasteiger partial charge in [0.25, 0.3) is 0 Å². The standard InChI is InChI=1S/C14H19Cl4O4P/c15-7-12(17)9-22-23(20,10-13(18)8-16)21-6-5-11-1-3-14(19)4-2-11/h1-4,12-13,19H,5-10H2. The monoisotopic (exact) mass is 422 g/mol. The first-order valence-corrected chi connectivity index (χ1v) is 10.6. The number of aromatic hydroxyl groups is 1. The van der Waals surface area contributed by atoms with Crippen LogP contribution in [0.3, 0.4) is 0 Å². The molecule has 0 saturated carbocycles. The van der Waals surface area contributed by atoms with Crippen LogP contribution in [0.5, 0.6) is 5.75 Å². The van der Waals surface area contributed by atoms with Crippen molar-refractivity contribution in [2.45, 2.75) is 17.2 Å². The fraction of sp³-hybridized carbons (Fsp3) is 0.571. The Balaban J connectivity index is 2.57. The molecule has 0 heterocycles. The van der Waals surface area contributed by atoms with Crippen molar-refractivity contribution in [2.75, 3.05) is 31.1 Å². The van der Waals surface area contributed by atoms with E-state index in [1.165, 1.54) is 0 Å². The average molecular weight is 424 g/mol. The molecule has 0 bridgehead atoms. The maximum atomic E-state index is 12.7. The maximum absolute atomic E-state index is 12.7. The minimum atomic E-state index is -3.41. The molecular weight excluding hydrogens is 405 g/mol. The molecule has 132 valence electrons. The highest BCUT2D eigenvalue weighted by Crippen LogP contribution is 2.50. The fourth-order valence-corrected chi connectivity index (χ4v) is 4.32. The lowest BCUT2D eigenvalue weighted by atomic mass is 10.2. The molecule has 1 aromatic carbocycles. The van der Waals surface area contributed by atoms with Crippen molar-refractivity contribution >= 4 is 54.0 Å². The zero-order valence-corrected chi connectivity index (χ0v) is 16.3. The molecule has 0 aromatic heterocycles. The van der Waals surface area contributed by atoms with E-state index in [0.29, 0.717) is 6.42 Å². The number of phenolic OH excluding ortho intramolecular Hbond substituents is 1. The molecule has 0 saturated heterocycles. The molecule has 0 aliphatic rings. The molecule has 9 heteroatoms. The van der Waals surface area contributed by atoms with Gasteiger partial charge >= 0.3 is 7.60 Å². The molecule has 3 unspecified atom stereocenters. The summed E-state index contributed by atoms with van der Waals surface area (Å²) in [5.74, 6) is 0.496. The van der Waals surface area contributed by atoms with Crippen molar-refractivity contribution in [2.24, 2.45) is 0 Å². The van der Waals surface area contributed by atoms with E-state index in [1.54, 1.807) is 24.3 Å². The SMILES string of the molecule is O=P(CC(Cl)CCl)(OCCc1ccc(O)cc1)OCC(Cl)CCl. The number of alkyl halides is 4. The number of phenols is 1. The summed E-state index contributed by atoms with van der Waals surface area (Å²) in [5, 5.41) is 8.25. The molecule has 0 fully saturated rings. The Morgan fingerprint density at radius 3 is 2.22 bits per heavy atom. The summed E-state index contributed by atoms with van der Waals surface area (Å²) in [6.45, 7) is 0.190. The third-order valence-corrected chi connectivity index (χ3v) is 6.70. The number of hydrogen-bond acceptors (Lipinski definition) is 4. The Bertz CT molecular complexity index is 500. The van der Waals surface area contributed by atoms with Crippen LogP contribution in [0.15, 0.2) is 24.3 Å². The molecule has 4 nitrogen and oxygen atoms in total. The van der Waals surface area contributed by atoms with Crippen molar-refractivity contribution in [3.05, 3.63) is 29.8 Å². The third kappa shape index (κ3) is 8.83. The van der Waals surface area contributed by atoms with Gasteiger partial charge in [-0.25, -0.2) is 0 Å². The first-order valence-electron chi connectivity index (χ1n) is 6.94. The lowest BCUT2D eigenvalue weighted by Crippen LogP contribution is -2.16. The summed E-state index contributed by atoms with van der Waals surface area (Å²) in [4.78, 5) is 0. The number of rotatable bonds is 11. The molecule has 1 rings (SSSR count). The molecule has 0 aliphatic carbocycles. The molecule has 0 aliphatic heterocycles. The highest BCUT2D eigenvalue weighted by molar-refractivity contribution is 7.54.